The van der Waals surface area contributed by atoms with Gasteiger partial charge in [-0.05, 0) is 12.8 Å². The topological polar surface area (TPSA) is 74.8 Å². The molecule has 1 aliphatic carbocycles. The monoisotopic (exact) mass is 294 g/mol. The van der Waals surface area contributed by atoms with E-state index in [1.807, 2.05) is 0 Å². The molecule has 118 valence electrons. The van der Waals surface area contributed by atoms with Crippen molar-refractivity contribution in [3.05, 3.63) is 0 Å². The number of nitrogens with one attached hydrogen (secondary N) is 3. The number of guanidine groups is 1. The number of carbonyl (C=O) groups is 1. The first-order valence-electron chi connectivity index (χ1n) is 7.90. The van der Waals surface area contributed by atoms with Gasteiger partial charge < -0.3 is 20.7 Å². The van der Waals surface area contributed by atoms with Crippen molar-refractivity contribution < 1.29 is 9.53 Å². The van der Waals surface area contributed by atoms with E-state index < -0.39 is 0 Å². The van der Waals surface area contributed by atoms with Crippen LogP contribution in [0.3, 0.4) is 0 Å². The lowest BCUT2D eigenvalue weighted by molar-refractivity contribution is -0.122. The number of hydrogen-bond acceptors (Lipinski definition) is 3. The lowest BCUT2D eigenvalue weighted by atomic mass is 9.57. The average molecular weight is 294 g/mol. The molecular formula is C15H26N4O2. The summed E-state index contributed by atoms with van der Waals surface area (Å²) >= 11 is 0. The molecule has 6 nitrogen and oxygen atoms in total. The predicted octanol–water partition coefficient (Wildman–Crippen LogP) is 0.244. The fraction of sp³-hybridized carbons (Fsp3) is 0.867. The molecule has 1 saturated carbocycles. The molecule has 3 N–H and O–H groups in total. The number of amides is 1. The molecule has 0 radical (unpaired) electrons. The lowest BCUT2D eigenvalue weighted by Crippen LogP contribution is -2.68. The van der Waals surface area contributed by atoms with Crippen molar-refractivity contribution >= 4 is 11.9 Å². The van der Waals surface area contributed by atoms with E-state index in [1.165, 1.54) is 0 Å². The Morgan fingerprint density at radius 2 is 2.19 bits per heavy atom. The van der Waals surface area contributed by atoms with Gasteiger partial charge >= 0.3 is 0 Å². The summed E-state index contributed by atoms with van der Waals surface area (Å²) in [4.78, 5) is 15.6. The van der Waals surface area contributed by atoms with Crippen molar-refractivity contribution in [1.82, 2.24) is 16.0 Å². The van der Waals surface area contributed by atoms with Gasteiger partial charge in [-0.3, -0.25) is 9.79 Å². The molecule has 2 aliphatic heterocycles. The Morgan fingerprint density at radius 1 is 1.38 bits per heavy atom. The molecule has 3 rings (SSSR count). The third-order valence-electron chi connectivity index (χ3n) is 5.22. The number of ether oxygens (including phenoxy) is 1. The number of hydrogen-bond donors (Lipinski definition) is 3. The van der Waals surface area contributed by atoms with Crippen LogP contribution >= 0.6 is 0 Å². The molecule has 6 heteroatoms. The molecule has 0 aromatic rings. The van der Waals surface area contributed by atoms with Gasteiger partial charge in [0.05, 0.1) is 6.10 Å². The maximum Gasteiger partial charge on any atom is 0.220 e. The van der Waals surface area contributed by atoms with Crippen LogP contribution in [0.2, 0.25) is 0 Å². The summed E-state index contributed by atoms with van der Waals surface area (Å²) < 4.78 is 5.83. The minimum absolute atomic E-state index is 0.138. The smallest absolute Gasteiger partial charge is 0.220 e. The Bertz CT molecular complexity index is 439. The van der Waals surface area contributed by atoms with E-state index in [4.69, 9.17) is 4.74 Å². The van der Waals surface area contributed by atoms with Crippen LogP contribution in [-0.4, -0.2) is 50.3 Å². The number of aliphatic imine (C=N–C) groups is 1. The standard InChI is InChI=1S/C15H26N4O2/c1-15(2)12(10-6-7-21-13(10)15)19-14(16-3)18-9-4-5-11(20)17-8-9/h9-10,12-13H,4-8H2,1-3H3,(H,17,20)(H2,16,18,19). The summed E-state index contributed by atoms with van der Waals surface area (Å²) in [6, 6.07) is 0.655. The second kappa shape index (κ2) is 5.48. The fourth-order valence-electron chi connectivity index (χ4n) is 3.98. The minimum Gasteiger partial charge on any atom is -0.377 e. The van der Waals surface area contributed by atoms with Gasteiger partial charge in [0.1, 0.15) is 0 Å². The third-order valence-corrected chi connectivity index (χ3v) is 5.22. The SMILES string of the molecule is CN=C(NC1CCC(=O)NC1)NC1C2CCOC2C1(C)C. The molecule has 1 amide bonds. The molecular weight excluding hydrogens is 268 g/mol. The number of carbonyl (C=O) groups excluding carboxylic acids is 1. The van der Waals surface area contributed by atoms with E-state index in [-0.39, 0.29) is 17.4 Å². The largest absolute Gasteiger partial charge is 0.377 e. The maximum absolute atomic E-state index is 11.2. The van der Waals surface area contributed by atoms with Crippen LogP contribution in [0, 0.1) is 11.3 Å². The van der Waals surface area contributed by atoms with Gasteiger partial charge in [-0.15, -0.1) is 0 Å². The van der Waals surface area contributed by atoms with E-state index in [0.29, 0.717) is 31.0 Å². The Hall–Kier alpha value is -1.30. The van der Waals surface area contributed by atoms with Crippen molar-refractivity contribution in [2.24, 2.45) is 16.3 Å². The van der Waals surface area contributed by atoms with Crippen LogP contribution in [0.15, 0.2) is 4.99 Å². The molecule has 4 unspecified atom stereocenters. The first-order valence-corrected chi connectivity index (χ1v) is 7.90. The number of nitrogens with zero attached hydrogens (tertiary/aromatic N) is 1. The highest BCUT2D eigenvalue weighted by Crippen LogP contribution is 2.52. The predicted molar refractivity (Wildman–Crippen MR) is 81.1 cm³/mol. The second-order valence-electron chi connectivity index (χ2n) is 6.94. The normalized spacial score (nSPS) is 38.2. The summed E-state index contributed by atoms with van der Waals surface area (Å²) in [5, 5.41) is 9.89. The zero-order chi connectivity index (χ0) is 15.0. The molecule has 3 aliphatic rings. The van der Waals surface area contributed by atoms with E-state index in [0.717, 1.165) is 25.4 Å². The Balaban J connectivity index is 1.57. The lowest BCUT2D eigenvalue weighted by Gasteiger charge is -2.55. The van der Waals surface area contributed by atoms with Crippen LogP contribution in [0.25, 0.3) is 0 Å². The van der Waals surface area contributed by atoms with Crippen molar-refractivity contribution in [2.75, 3.05) is 20.2 Å². The fourth-order valence-corrected chi connectivity index (χ4v) is 3.98. The Kier molecular flexibility index (Phi) is 3.82. The van der Waals surface area contributed by atoms with Gasteiger partial charge in [-0.1, -0.05) is 13.8 Å². The summed E-state index contributed by atoms with van der Waals surface area (Å²) in [6.45, 7) is 6.05. The van der Waals surface area contributed by atoms with Gasteiger partial charge in [0.2, 0.25) is 5.91 Å². The highest BCUT2D eigenvalue weighted by molar-refractivity contribution is 5.81. The molecule has 0 bridgehead atoms. The summed E-state index contributed by atoms with van der Waals surface area (Å²) in [5.74, 6) is 1.56. The minimum atomic E-state index is 0.138. The summed E-state index contributed by atoms with van der Waals surface area (Å²) in [5.41, 5.74) is 0.138. The van der Waals surface area contributed by atoms with E-state index in [1.54, 1.807) is 7.05 Å². The van der Waals surface area contributed by atoms with E-state index >= 15 is 0 Å². The second-order valence-corrected chi connectivity index (χ2v) is 6.94. The highest BCUT2D eigenvalue weighted by atomic mass is 16.5. The molecule has 21 heavy (non-hydrogen) atoms. The quantitative estimate of drug-likeness (QED) is 0.504. The molecule has 0 aromatic heterocycles. The van der Waals surface area contributed by atoms with Crippen LogP contribution in [-0.2, 0) is 9.53 Å². The third kappa shape index (κ3) is 2.61. The molecule has 3 fully saturated rings. The van der Waals surface area contributed by atoms with Crippen molar-refractivity contribution in [2.45, 2.75) is 51.3 Å². The van der Waals surface area contributed by atoms with Crippen LogP contribution in [0.4, 0.5) is 0 Å². The first kappa shape index (κ1) is 14.6. The highest BCUT2D eigenvalue weighted by Gasteiger charge is 2.59. The number of piperidine rings is 1. The molecule has 2 saturated heterocycles. The molecule has 0 aromatic carbocycles. The zero-order valence-corrected chi connectivity index (χ0v) is 13.1. The molecule has 4 atom stereocenters. The van der Waals surface area contributed by atoms with E-state index in [2.05, 4.69) is 34.8 Å². The molecule has 0 spiro atoms. The average Bonchev–Trinajstić information content (AvgIpc) is 2.92. The van der Waals surface area contributed by atoms with Gasteiger partial charge in [-0.25, -0.2) is 0 Å². The maximum atomic E-state index is 11.2. The number of rotatable bonds is 2. The Morgan fingerprint density at radius 3 is 2.86 bits per heavy atom. The van der Waals surface area contributed by atoms with Gasteiger partial charge in [0.15, 0.2) is 5.96 Å². The Labute approximate surface area is 126 Å². The molecule has 2 heterocycles. The van der Waals surface area contributed by atoms with Crippen LogP contribution in [0.5, 0.6) is 0 Å². The van der Waals surface area contributed by atoms with Crippen molar-refractivity contribution in [3.63, 3.8) is 0 Å². The summed E-state index contributed by atoms with van der Waals surface area (Å²) in [6.07, 6.45) is 2.95. The van der Waals surface area contributed by atoms with Gasteiger partial charge in [0.25, 0.3) is 0 Å². The van der Waals surface area contributed by atoms with E-state index in [9.17, 15) is 4.79 Å². The van der Waals surface area contributed by atoms with Crippen LogP contribution < -0.4 is 16.0 Å². The zero-order valence-electron chi connectivity index (χ0n) is 13.1. The van der Waals surface area contributed by atoms with Crippen molar-refractivity contribution in [1.29, 1.82) is 0 Å². The first-order chi connectivity index (χ1) is 10.0. The van der Waals surface area contributed by atoms with Gasteiger partial charge in [0, 0.05) is 50.0 Å². The number of fused-ring (bicyclic) bond motifs is 1. The van der Waals surface area contributed by atoms with Crippen LogP contribution in [0.1, 0.15) is 33.1 Å². The van der Waals surface area contributed by atoms with Gasteiger partial charge in [-0.2, -0.15) is 0 Å². The summed E-state index contributed by atoms with van der Waals surface area (Å²) in [7, 11) is 1.80. The van der Waals surface area contributed by atoms with Crippen molar-refractivity contribution in [3.8, 4) is 0 Å².